The Labute approximate surface area is 530 Å². The highest BCUT2D eigenvalue weighted by molar-refractivity contribution is 7.26. The molecule has 4 aliphatic heterocycles. The van der Waals surface area contributed by atoms with Crippen LogP contribution >= 0.6 is 11.3 Å². The maximum absolute atomic E-state index is 7.51. The zero-order valence-corrected chi connectivity index (χ0v) is 51.1. The molecule has 0 saturated carbocycles. The highest BCUT2D eigenvalue weighted by atomic mass is 32.1. The van der Waals surface area contributed by atoms with Gasteiger partial charge in [-0.15, -0.1) is 11.3 Å². The summed E-state index contributed by atoms with van der Waals surface area (Å²) in [5.74, 6) is 3.17. The van der Waals surface area contributed by atoms with Crippen molar-refractivity contribution in [2.24, 2.45) is 0 Å². The summed E-state index contributed by atoms with van der Waals surface area (Å²) in [6.07, 6.45) is 0. The predicted molar refractivity (Wildman–Crippen MR) is 379 cm³/mol. The van der Waals surface area contributed by atoms with Gasteiger partial charge in [0.1, 0.15) is 34.2 Å². The molecule has 430 valence electrons. The number of anilines is 12. The Balaban J connectivity index is 0.849. The lowest BCUT2D eigenvalue weighted by Crippen LogP contribution is -2.59. The topological polar surface area (TPSA) is 57.7 Å². The molecule has 0 unspecified atom stereocenters. The fourth-order valence-corrected chi connectivity index (χ4v) is 16.1. The summed E-state index contributed by atoms with van der Waals surface area (Å²) in [7, 11) is 0. The van der Waals surface area contributed by atoms with E-state index in [1.165, 1.54) is 11.1 Å². The van der Waals surface area contributed by atoms with Crippen LogP contribution in [0.1, 0.15) is 22.3 Å². The first-order chi connectivity index (χ1) is 44.8. The SMILES string of the molecule is Cc1ccc(C)c(N2c3cc(N(c4ccccc4)c4ccccc4)cc4c3B(c3cc5c(cc3O4)sc3cc4c(cc35)B3c5oc6ccccc6c5N(c5cc(C)ccc5C)c5cc(N(c6ccccc6)c6ccccc6)cc(c53)O4)c3oc4ccccc4c32)c1. The molecule has 19 rings (SSSR count). The number of para-hydroxylation sites is 6. The summed E-state index contributed by atoms with van der Waals surface area (Å²) in [4.78, 5) is 9.56. The highest BCUT2D eigenvalue weighted by Crippen LogP contribution is 2.53. The van der Waals surface area contributed by atoms with E-state index in [2.05, 4.69) is 302 Å². The quantitative estimate of drug-likeness (QED) is 0.140. The van der Waals surface area contributed by atoms with Crippen molar-refractivity contribution in [3.05, 3.63) is 277 Å². The van der Waals surface area contributed by atoms with Gasteiger partial charge in [0, 0.05) is 99.5 Å². The molecular weight excluding hydrogens is 1130 g/mol. The molecule has 15 aromatic rings. The number of benzene rings is 12. The smallest absolute Gasteiger partial charge is 0.301 e. The minimum absolute atomic E-state index is 0.323. The van der Waals surface area contributed by atoms with Crippen molar-refractivity contribution >= 4 is 168 Å². The standard InChI is InChI=1S/C80H54B2N4O4S/c1-47-33-35-49(3)63(37-47)85-65-39-55(83(51-21-9-5-10-22-51)52-23-11-6-12-24-52)41-71-75(65)81(79-77(85)57-29-17-19-31-67(57)89-79)61-43-59-60-44-62-70(46-74(60)91-73(59)45-69(61)87-71)88-72-42-56(84(53-25-13-7-14-26-53)54-27-15-8-16-28-54)40-66-76(72)82(62)80-78(58-30-18-20-32-68(58)90-80)86(66)64-38-48(2)34-36-50(64)4/h5-46H,1-4H3. The van der Waals surface area contributed by atoms with E-state index in [1.54, 1.807) is 11.3 Å². The lowest BCUT2D eigenvalue weighted by Gasteiger charge is -2.39. The number of nitrogens with zero attached hydrogens (tertiary/aromatic N) is 4. The third-order valence-corrected chi connectivity index (χ3v) is 20.1. The molecule has 12 aromatic carbocycles. The number of thiophene rings is 1. The molecule has 4 aliphatic rings. The van der Waals surface area contributed by atoms with Crippen LogP contribution in [0.2, 0.25) is 0 Å². The largest absolute Gasteiger partial charge is 0.468 e. The summed E-state index contributed by atoms with van der Waals surface area (Å²) >= 11 is 1.77. The summed E-state index contributed by atoms with van der Waals surface area (Å²) in [5, 5.41) is 4.38. The second-order valence-corrected chi connectivity index (χ2v) is 25.7. The van der Waals surface area contributed by atoms with E-state index in [-0.39, 0.29) is 13.4 Å². The van der Waals surface area contributed by atoms with Gasteiger partial charge in [-0.2, -0.15) is 0 Å². The van der Waals surface area contributed by atoms with Gasteiger partial charge in [-0.05, 0) is 170 Å². The van der Waals surface area contributed by atoms with Crippen LogP contribution in [0.3, 0.4) is 0 Å². The van der Waals surface area contributed by atoms with Crippen molar-refractivity contribution in [2.75, 3.05) is 19.6 Å². The summed E-state index contributed by atoms with van der Waals surface area (Å²) in [6, 6.07) is 91.5. The maximum atomic E-state index is 7.51. The molecule has 0 amide bonds. The van der Waals surface area contributed by atoms with Crippen LogP contribution in [0.5, 0.6) is 23.0 Å². The Bertz CT molecular complexity index is 5120. The maximum Gasteiger partial charge on any atom is 0.301 e. The van der Waals surface area contributed by atoms with Crippen LogP contribution in [0, 0.1) is 27.7 Å². The molecule has 0 N–H and O–H groups in total. The van der Waals surface area contributed by atoms with E-state index < -0.39 is 0 Å². The van der Waals surface area contributed by atoms with E-state index in [0.717, 1.165) is 178 Å². The number of hydrogen-bond acceptors (Lipinski definition) is 9. The average molecular weight is 1190 g/mol. The number of rotatable bonds is 8. The predicted octanol–water partition coefficient (Wildman–Crippen LogP) is 18.5. The average Bonchev–Trinajstić information content (AvgIpc) is 1.69. The monoisotopic (exact) mass is 1190 g/mol. The lowest BCUT2D eigenvalue weighted by molar-refractivity contribution is 0.488. The molecule has 91 heavy (non-hydrogen) atoms. The van der Waals surface area contributed by atoms with Crippen LogP contribution in [0.15, 0.2) is 264 Å². The Kier molecular flexibility index (Phi) is 11.2. The van der Waals surface area contributed by atoms with Crippen molar-refractivity contribution in [3.63, 3.8) is 0 Å². The van der Waals surface area contributed by atoms with Crippen molar-refractivity contribution < 1.29 is 18.3 Å². The Hall–Kier alpha value is -11.1. The first-order valence-corrected chi connectivity index (χ1v) is 31.9. The molecule has 0 aliphatic carbocycles. The van der Waals surface area contributed by atoms with Gasteiger partial charge in [0.25, 0.3) is 0 Å². The zero-order valence-electron chi connectivity index (χ0n) is 50.2. The Morgan fingerprint density at radius 1 is 0.330 bits per heavy atom. The second kappa shape index (κ2) is 19.7. The number of hydrogen-bond donors (Lipinski definition) is 0. The van der Waals surface area contributed by atoms with Crippen LogP contribution in [-0.4, -0.2) is 13.4 Å². The first-order valence-electron chi connectivity index (χ1n) is 31.1. The molecule has 3 aromatic heterocycles. The van der Waals surface area contributed by atoms with Gasteiger partial charge in [0.2, 0.25) is 0 Å². The van der Waals surface area contributed by atoms with E-state index in [1.807, 2.05) is 0 Å². The second-order valence-electron chi connectivity index (χ2n) is 24.6. The fourth-order valence-electron chi connectivity index (χ4n) is 15.0. The van der Waals surface area contributed by atoms with Crippen molar-refractivity contribution in [3.8, 4) is 23.0 Å². The van der Waals surface area contributed by atoms with E-state index >= 15 is 0 Å². The van der Waals surface area contributed by atoms with Gasteiger partial charge in [-0.25, -0.2) is 0 Å². The Morgan fingerprint density at radius 2 is 0.703 bits per heavy atom. The van der Waals surface area contributed by atoms with E-state index in [4.69, 9.17) is 18.3 Å². The summed E-state index contributed by atoms with van der Waals surface area (Å²) in [5.41, 5.74) is 24.8. The Morgan fingerprint density at radius 3 is 1.10 bits per heavy atom. The van der Waals surface area contributed by atoms with E-state index in [0.29, 0.717) is 0 Å². The minimum atomic E-state index is -0.323. The zero-order chi connectivity index (χ0) is 60.3. The molecule has 0 atom stereocenters. The minimum Gasteiger partial charge on any atom is -0.468 e. The van der Waals surface area contributed by atoms with Crippen LogP contribution in [0.25, 0.3) is 42.1 Å². The van der Waals surface area contributed by atoms with Crippen LogP contribution < -0.4 is 62.2 Å². The normalized spacial score (nSPS) is 13.1. The number of ether oxygens (including phenoxy) is 2. The molecule has 7 heterocycles. The van der Waals surface area contributed by atoms with E-state index in [9.17, 15) is 0 Å². The molecular formula is C80H54B2N4O4S. The van der Waals surface area contributed by atoms with Crippen molar-refractivity contribution in [1.29, 1.82) is 0 Å². The summed E-state index contributed by atoms with van der Waals surface area (Å²) in [6.45, 7) is 8.11. The van der Waals surface area contributed by atoms with Gasteiger partial charge in [0.05, 0.1) is 34.1 Å². The molecule has 0 saturated heterocycles. The van der Waals surface area contributed by atoms with Crippen LogP contribution in [-0.2, 0) is 0 Å². The van der Waals surface area contributed by atoms with Gasteiger partial charge in [-0.1, -0.05) is 133 Å². The van der Waals surface area contributed by atoms with Crippen molar-refractivity contribution in [1.82, 2.24) is 0 Å². The molecule has 0 fully saturated rings. The molecule has 11 heteroatoms. The van der Waals surface area contributed by atoms with Crippen molar-refractivity contribution in [2.45, 2.75) is 27.7 Å². The third-order valence-electron chi connectivity index (χ3n) is 19.0. The van der Waals surface area contributed by atoms with Crippen LogP contribution in [0.4, 0.5) is 68.2 Å². The molecule has 8 nitrogen and oxygen atoms in total. The first kappa shape index (κ1) is 51.9. The number of aryl methyl sites for hydroxylation is 4. The van der Waals surface area contributed by atoms with Gasteiger partial charge < -0.3 is 37.9 Å². The fraction of sp³-hybridized carbons (Fsp3) is 0.0500. The lowest BCUT2D eigenvalue weighted by atomic mass is 9.36. The summed E-state index contributed by atoms with van der Waals surface area (Å²) < 4.78 is 31.9. The molecule has 0 radical (unpaired) electrons. The van der Waals surface area contributed by atoms with Gasteiger partial charge in [-0.3, -0.25) is 0 Å². The number of fused-ring (bicyclic) bond motifs is 15. The highest BCUT2D eigenvalue weighted by Gasteiger charge is 2.49. The van der Waals surface area contributed by atoms with Gasteiger partial charge in [0.15, 0.2) is 0 Å². The third kappa shape index (κ3) is 7.77. The molecule has 0 bridgehead atoms. The van der Waals surface area contributed by atoms with Gasteiger partial charge >= 0.3 is 13.4 Å². The molecule has 0 spiro atoms. The number of furan rings is 2.